The fraction of sp³-hybridized carbons (Fsp3) is 0.556. The van der Waals surface area contributed by atoms with Crippen LogP contribution in [-0.2, 0) is 0 Å². The Morgan fingerprint density at radius 3 is 2.57 bits per heavy atom. The average Bonchev–Trinajstić information content (AvgIpc) is 3.27. The Labute approximate surface area is 125 Å². The van der Waals surface area contributed by atoms with Crippen LogP contribution in [0.4, 0.5) is 0 Å². The van der Waals surface area contributed by atoms with Crippen LogP contribution in [0.3, 0.4) is 0 Å². The van der Waals surface area contributed by atoms with Crippen molar-refractivity contribution in [1.29, 1.82) is 0 Å². The molecule has 2 aliphatic carbocycles. The van der Waals surface area contributed by atoms with Crippen molar-refractivity contribution in [3.8, 4) is 5.88 Å². The zero-order chi connectivity index (χ0) is 14.3. The van der Waals surface area contributed by atoms with Crippen molar-refractivity contribution in [2.45, 2.75) is 51.6 Å². The Hall–Kier alpha value is -1.64. The van der Waals surface area contributed by atoms with E-state index in [2.05, 4.69) is 16.9 Å². The number of fused-ring (bicyclic) bond motifs is 1. The molecule has 2 aromatic rings. The van der Waals surface area contributed by atoms with Gasteiger partial charge in [0.2, 0.25) is 5.88 Å². The third-order valence-electron chi connectivity index (χ3n) is 5.48. The lowest BCUT2D eigenvalue weighted by molar-refractivity contribution is 0.105. The fourth-order valence-corrected chi connectivity index (χ4v) is 3.71. The van der Waals surface area contributed by atoms with Gasteiger partial charge in [0.15, 0.2) is 0 Å². The molecule has 0 bridgehead atoms. The Kier molecular flexibility index (Phi) is 3.09. The highest BCUT2D eigenvalue weighted by Crippen LogP contribution is 2.56. The second kappa shape index (κ2) is 4.97. The summed E-state index contributed by atoms with van der Waals surface area (Å²) in [4.78, 5) is 8.64. The van der Waals surface area contributed by atoms with Crippen LogP contribution in [0.25, 0.3) is 10.9 Å². The van der Waals surface area contributed by atoms with Gasteiger partial charge in [-0.25, -0.2) is 9.97 Å². The van der Waals surface area contributed by atoms with Crippen LogP contribution in [0.2, 0.25) is 0 Å². The lowest BCUT2D eigenvalue weighted by Gasteiger charge is -2.32. The van der Waals surface area contributed by atoms with Gasteiger partial charge in [0.05, 0.1) is 10.9 Å². The highest BCUT2D eigenvalue weighted by atomic mass is 16.5. The van der Waals surface area contributed by atoms with Gasteiger partial charge < -0.3 is 4.74 Å². The van der Waals surface area contributed by atoms with Crippen LogP contribution in [0, 0.1) is 11.3 Å². The van der Waals surface area contributed by atoms with E-state index in [0.29, 0.717) is 11.5 Å². The van der Waals surface area contributed by atoms with E-state index in [1.54, 1.807) is 6.33 Å². The van der Waals surface area contributed by atoms with Gasteiger partial charge in [0, 0.05) is 0 Å². The summed E-state index contributed by atoms with van der Waals surface area (Å²) in [6, 6.07) is 8.07. The van der Waals surface area contributed by atoms with Crippen LogP contribution in [0.5, 0.6) is 5.88 Å². The monoisotopic (exact) mass is 282 g/mol. The second-order valence-electron chi connectivity index (χ2n) is 6.94. The molecule has 1 heterocycles. The van der Waals surface area contributed by atoms with Crippen molar-refractivity contribution in [2.75, 3.05) is 0 Å². The van der Waals surface area contributed by atoms with Crippen LogP contribution in [0.15, 0.2) is 30.6 Å². The summed E-state index contributed by atoms with van der Waals surface area (Å²) in [5.74, 6) is 1.67. The van der Waals surface area contributed by atoms with Gasteiger partial charge >= 0.3 is 0 Å². The zero-order valence-electron chi connectivity index (χ0n) is 12.6. The molecule has 4 rings (SSSR count). The van der Waals surface area contributed by atoms with Crippen molar-refractivity contribution in [3.63, 3.8) is 0 Å². The van der Waals surface area contributed by atoms with E-state index in [0.717, 1.165) is 22.7 Å². The summed E-state index contributed by atoms with van der Waals surface area (Å²) in [5, 5.41) is 1.02. The second-order valence-corrected chi connectivity index (χ2v) is 6.94. The molecule has 3 nitrogen and oxygen atoms in total. The SMILES string of the molecule is CC1([C@H]2CC[C@@H](Oc3ncnc4ccccc34)CC2)CC1. The third kappa shape index (κ3) is 2.50. The standard InChI is InChI=1S/C18H22N2O/c1-18(10-11-18)13-6-8-14(9-7-13)21-17-15-4-2-3-5-16(15)19-12-20-17/h2-5,12-14H,6-11H2,1H3/t13-,14+. The minimum absolute atomic E-state index is 0.321. The molecule has 1 aromatic heterocycles. The first-order valence-electron chi connectivity index (χ1n) is 8.11. The minimum atomic E-state index is 0.321. The third-order valence-corrected chi connectivity index (χ3v) is 5.48. The predicted octanol–water partition coefficient (Wildman–Crippen LogP) is 4.37. The Morgan fingerprint density at radius 2 is 1.81 bits per heavy atom. The maximum atomic E-state index is 6.20. The summed E-state index contributed by atoms with van der Waals surface area (Å²) in [5.41, 5.74) is 1.62. The summed E-state index contributed by atoms with van der Waals surface area (Å²) < 4.78 is 6.20. The van der Waals surface area contributed by atoms with Crippen molar-refractivity contribution in [3.05, 3.63) is 30.6 Å². The Morgan fingerprint density at radius 1 is 1.05 bits per heavy atom. The molecule has 0 spiro atoms. The van der Waals surface area contributed by atoms with Crippen LogP contribution < -0.4 is 4.74 Å². The van der Waals surface area contributed by atoms with Gasteiger partial charge in [-0.2, -0.15) is 0 Å². The van der Waals surface area contributed by atoms with Gasteiger partial charge in [-0.15, -0.1) is 0 Å². The van der Waals surface area contributed by atoms with Crippen molar-refractivity contribution in [2.24, 2.45) is 11.3 Å². The molecule has 0 saturated heterocycles. The molecule has 0 amide bonds. The van der Waals surface area contributed by atoms with E-state index in [4.69, 9.17) is 4.74 Å². The number of benzene rings is 1. The lowest BCUT2D eigenvalue weighted by atomic mass is 9.78. The maximum Gasteiger partial charge on any atom is 0.224 e. The van der Waals surface area contributed by atoms with E-state index in [-0.39, 0.29) is 0 Å². The number of hydrogen-bond acceptors (Lipinski definition) is 3. The molecule has 110 valence electrons. The van der Waals surface area contributed by atoms with Crippen LogP contribution in [-0.4, -0.2) is 16.1 Å². The first-order valence-corrected chi connectivity index (χ1v) is 8.11. The molecule has 0 aliphatic heterocycles. The predicted molar refractivity (Wildman–Crippen MR) is 83.3 cm³/mol. The number of aromatic nitrogens is 2. The van der Waals surface area contributed by atoms with Crippen LogP contribution in [0.1, 0.15) is 45.4 Å². The molecule has 0 unspecified atom stereocenters. The lowest BCUT2D eigenvalue weighted by Crippen LogP contribution is -2.27. The van der Waals surface area contributed by atoms with E-state index >= 15 is 0 Å². The van der Waals surface area contributed by atoms with Gasteiger partial charge in [0.25, 0.3) is 0 Å². The first-order chi connectivity index (χ1) is 10.2. The van der Waals surface area contributed by atoms with Gasteiger partial charge in [-0.1, -0.05) is 19.1 Å². The largest absolute Gasteiger partial charge is 0.474 e. The average molecular weight is 282 g/mol. The molecule has 3 heteroatoms. The quantitative estimate of drug-likeness (QED) is 0.838. The van der Waals surface area contributed by atoms with Crippen LogP contribution >= 0.6 is 0 Å². The molecule has 0 radical (unpaired) electrons. The van der Waals surface area contributed by atoms with E-state index in [1.165, 1.54) is 38.5 Å². The smallest absolute Gasteiger partial charge is 0.224 e. The maximum absolute atomic E-state index is 6.20. The first kappa shape index (κ1) is 13.1. The van der Waals surface area contributed by atoms with E-state index in [9.17, 15) is 0 Å². The normalized spacial score (nSPS) is 27.5. The molecular formula is C18H22N2O. The van der Waals surface area contributed by atoms with Gasteiger partial charge in [0.1, 0.15) is 12.4 Å². The summed E-state index contributed by atoms with van der Waals surface area (Å²) >= 11 is 0. The number of rotatable bonds is 3. The highest BCUT2D eigenvalue weighted by Gasteiger charge is 2.45. The van der Waals surface area contributed by atoms with Crippen molar-refractivity contribution in [1.82, 2.24) is 9.97 Å². The molecule has 1 aromatic carbocycles. The topological polar surface area (TPSA) is 35.0 Å². The molecular weight excluding hydrogens is 260 g/mol. The van der Waals surface area contributed by atoms with Gasteiger partial charge in [-0.05, 0) is 62.0 Å². The molecule has 0 atom stereocenters. The zero-order valence-corrected chi connectivity index (χ0v) is 12.6. The Bertz CT molecular complexity index is 637. The Balaban J connectivity index is 1.46. The molecule has 21 heavy (non-hydrogen) atoms. The highest BCUT2D eigenvalue weighted by molar-refractivity contribution is 5.82. The van der Waals surface area contributed by atoms with Crippen molar-refractivity contribution < 1.29 is 4.74 Å². The van der Waals surface area contributed by atoms with Crippen molar-refractivity contribution >= 4 is 10.9 Å². The number of ether oxygens (including phenoxy) is 1. The number of hydrogen-bond donors (Lipinski definition) is 0. The summed E-state index contributed by atoms with van der Waals surface area (Å²) in [7, 11) is 0. The molecule has 2 fully saturated rings. The molecule has 0 N–H and O–H groups in total. The van der Waals surface area contributed by atoms with E-state index in [1.807, 2.05) is 24.3 Å². The fourth-order valence-electron chi connectivity index (χ4n) is 3.71. The number of nitrogens with zero attached hydrogens (tertiary/aromatic N) is 2. The summed E-state index contributed by atoms with van der Waals surface area (Å²) in [6.07, 6.45) is 9.74. The van der Waals surface area contributed by atoms with Gasteiger partial charge in [-0.3, -0.25) is 0 Å². The summed E-state index contributed by atoms with van der Waals surface area (Å²) in [6.45, 7) is 2.46. The molecule has 2 aliphatic rings. The minimum Gasteiger partial charge on any atom is -0.474 e. The molecule has 2 saturated carbocycles. The number of para-hydroxylation sites is 1. The van der Waals surface area contributed by atoms with E-state index < -0.39 is 0 Å².